The van der Waals surface area contributed by atoms with Crippen LogP contribution in [0, 0.1) is 6.92 Å². The fraction of sp³-hybridized carbons (Fsp3) is 0.417. The number of nitrogens with zero attached hydrogens (tertiary/aromatic N) is 1. The Balaban J connectivity index is 2.12. The van der Waals surface area contributed by atoms with Crippen molar-refractivity contribution in [2.45, 2.75) is 58.5 Å². The van der Waals surface area contributed by atoms with Gasteiger partial charge in [-0.25, -0.2) is 0 Å². The van der Waals surface area contributed by atoms with E-state index >= 15 is 0 Å². The molecule has 0 radical (unpaired) electrons. The van der Waals surface area contributed by atoms with Crippen LogP contribution in [0.4, 0.5) is 0 Å². The molecule has 2 amide bonds. The minimum atomic E-state index is -0.489. The average molecular weight is 447 g/mol. The fourth-order valence-electron chi connectivity index (χ4n) is 3.23. The van der Waals surface area contributed by atoms with Crippen LogP contribution in [0.25, 0.3) is 0 Å². The lowest BCUT2D eigenvalue weighted by molar-refractivity contribution is -0.139. The monoisotopic (exact) mass is 446 g/mol. The van der Waals surface area contributed by atoms with Crippen LogP contribution in [0.15, 0.2) is 48.5 Å². The maximum Gasteiger partial charge on any atom is 0.243 e. The van der Waals surface area contributed by atoms with Crippen LogP contribution < -0.4 is 5.32 Å². The number of benzene rings is 2. The quantitative estimate of drug-likeness (QED) is 0.544. The first kappa shape index (κ1) is 24.3. The molecule has 2 aromatic carbocycles. The van der Waals surface area contributed by atoms with Gasteiger partial charge in [0.1, 0.15) is 6.04 Å². The predicted molar refractivity (Wildman–Crippen MR) is 127 cm³/mol. The number of nitrogens with one attached hydrogen (secondary N) is 1. The van der Waals surface area contributed by atoms with E-state index in [4.69, 9.17) is 11.6 Å². The van der Waals surface area contributed by atoms with Gasteiger partial charge in [0.2, 0.25) is 11.8 Å². The van der Waals surface area contributed by atoms with Crippen molar-refractivity contribution < 1.29 is 9.59 Å². The van der Waals surface area contributed by atoms with Crippen LogP contribution in [0.5, 0.6) is 0 Å². The van der Waals surface area contributed by atoms with Crippen molar-refractivity contribution in [3.8, 4) is 0 Å². The highest BCUT2D eigenvalue weighted by molar-refractivity contribution is 7.99. The minimum Gasteiger partial charge on any atom is -0.352 e. The number of thioether (sulfide) groups is 1. The summed E-state index contributed by atoms with van der Waals surface area (Å²) < 4.78 is 0. The van der Waals surface area contributed by atoms with Crippen molar-refractivity contribution in [3.05, 3.63) is 70.2 Å². The molecule has 30 heavy (non-hydrogen) atoms. The van der Waals surface area contributed by atoms with E-state index in [9.17, 15) is 9.59 Å². The second-order valence-corrected chi connectivity index (χ2v) is 9.14. The first-order chi connectivity index (χ1) is 14.3. The van der Waals surface area contributed by atoms with Crippen LogP contribution in [-0.4, -0.2) is 34.6 Å². The molecule has 2 aromatic rings. The van der Waals surface area contributed by atoms with Crippen molar-refractivity contribution in [2.75, 3.05) is 5.75 Å². The molecule has 0 aliphatic rings. The van der Waals surface area contributed by atoms with Gasteiger partial charge in [-0.1, -0.05) is 60.5 Å². The summed E-state index contributed by atoms with van der Waals surface area (Å²) in [6, 6.07) is 15.3. The van der Waals surface area contributed by atoms with E-state index in [1.807, 2.05) is 70.2 Å². The van der Waals surface area contributed by atoms with Crippen LogP contribution in [0.1, 0.15) is 43.9 Å². The van der Waals surface area contributed by atoms with Gasteiger partial charge in [-0.15, -0.1) is 11.8 Å². The minimum absolute atomic E-state index is 0.0266. The van der Waals surface area contributed by atoms with Gasteiger partial charge in [-0.3, -0.25) is 9.59 Å². The molecule has 0 unspecified atom stereocenters. The lowest BCUT2D eigenvalue weighted by Crippen LogP contribution is -2.50. The molecule has 162 valence electrons. The van der Waals surface area contributed by atoms with Crippen LogP contribution in [0.3, 0.4) is 0 Å². The Labute approximate surface area is 189 Å². The number of amides is 2. The number of halogens is 1. The third-order valence-electron chi connectivity index (χ3n) is 4.66. The second-order valence-electron chi connectivity index (χ2n) is 7.72. The smallest absolute Gasteiger partial charge is 0.243 e. The number of hydrogen-bond acceptors (Lipinski definition) is 3. The largest absolute Gasteiger partial charge is 0.352 e. The van der Waals surface area contributed by atoms with Crippen molar-refractivity contribution >= 4 is 35.2 Å². The Morgan fingerprint density at radius 1 is 1.10 bits per heavy atom. The Morgan fingerprint density at radius 3 is 2.40 bits per heavy atom. The molecule has 0 fully saturated rings. The molecule has 1 atom stereocenters. The molecule has 1 N–H and O–H groups in total. The molecule has 0 saturated heterocycles. The van der Waals surface area contributed by atoms with E-state index in [-0.39, 0.29) is 17.9 Å². The predicted octanol–water partition coefficient (Wildman–Crippen LogP) is 5.21. The lowest BCUT2D eigenvalue weighted by atomic mass is 10.1. The van der Waals surface area contributed by atoms with Crippen LogP contribution >= 0.6 is 23.4 Å². The normalized spacial score (nSPS) is 11.9. The zero-order valence-electron chi connectivity index (χ0n) is 18.2. The maximum atomic E-state index is 13.2. The maximum absolute atomic E-state index is 13.2. The Bertz CT molecular complexity index is 839. The summed E-state index contributed by atoms with van der Waals surface area (Å²) in [5.41, 5.74) is 3.28. The average Bonchev–Trinajstić information content (AvgIpc) is 2.68. The van der Waals surface area contributed by atoms with Gasteiger partial charge >= 0.3 is 0 Å². The summed E-state index contributed by atoms with van der Waals surface area (Å²) in [4.78, 5) is 27.7. The molecular formula is C24H31ClN2O2S. The number of aryl methyl sites for hydroxylation is 1. The lowest BCUT2D eigenvalue weighted by Gasteiger charge is -2.31. The highest BCUT2D eigenvalue weighted by Crippen LogP contribution is 2.19. The summed E-state index contributed by atoms with van der Waals surface area (Å²) in [7, 11) is 0. The second kappa shape index (κ2) is 12.0. The Kier molecular flexibility index (Phi) is 9.73. The molecule has 0 spiro atoms. The van der Waals surface area contributed by atoms with Crippen molar-refractivity contribution in [1.29, 1.82) is 0 Å². The van der Waals surface area contributed by atoms with E-state index < -0.39 is 6.04 Å². The van der Waals surface area contributed by atoms with E-state index in [2.05, 4.69) is 11.4 Å². The van der Waals surface area contributed by atoms with Gasteiger partial charge in [-0.2, -0.15) is 0 Å². The van der Waals surface area contributed by atoms with Crippen LogP contribution in [0.2, 0.25) is 5.02 Å². The molecule has 0 bridgehead atoms. The van der Waals surface area contributed by atoms with Crippen molar-refractivity contribution in [3.63, 3.8) is 0 Å². The van der Waals surface area contributed by atoms with E-state index in [0.717, 1.165) is 22.4 Å². The van der Waals surface area contributed by atoms with Gasteiger partial charge in [0, 0.05) is 23.4 Å². The summed E-state index contributed by atoms with van der Waals surface area (Å²) in [6.45, 7) is 8.26. The summed E-state index contributed by atoms with van der Waals surface area (Å²) in [5.74, 6) is 0.910. The molecule has 4 nitrogen and oxygen atoms in total. The molecular weight excluding hydrogens is 416 g/mol. The Hall–Kier alpha value is -1.98. The molecule has 0 aliphatic carbocycles. The zero-order valence-corrected chi connectivity index (χ0v) is 19.7. The SMILES string of the molecule is CC[C@@H](C(=O)NC(C)C)N(Cc1cccc(C)c1)C(=O)CSCc1ccc(Cl)cc1. The number of rotatable bonds is 10. The van der Waals surface area contributed by atoms with E-state index in [1.54, 1.807) is 16.7 Å². The van der Waals surface area contributed by atoms with Gasteiger partial charge in [0.05, 0.1) is 5.75 Å². The van der Waals surface area contributed by atoms with Crippen molar-refractivity contribution in [2.24, 2.45) is 0 Å². The Morgan fingerprint density at radius 2 is 1.80 bits per heavy atom. The summed E-state index contributed by atoms with van der Waals surface area (Å²) in [5, 5.41) is 3.66. The first-order valence-corrected chi connectivity index (χ1v) is 11.8. The topological polar surface area (TPSA) is 49.4 Å². The number of carbonyl (C=O) groups excluding carboxylic acids is 2. The zero-order chi connectivity index (χ0) is 22.1. The van der Waals surface area contributed by atoms with Gasteiger partial charge in [-0.05, 0) is 50.5 Å². The van der Waals surface area contributed by atoms with Gasteiger partial charge in [0.25, 0.3) is 0 Å². The van der Waals surface area contributed by atoms with Gasteiger partial charge < -0.3 is 10.2 Å². The third kappa shape index (κ3) is 7.69. The molecule has 0 aliphatic heterocycles. The van der Waals surface area contributed by atoms with Crippen molar-refractivity contribution in [1.82, 2.24) is 10.2 Å². The van der Waals surface area contributed by atoms with Crippen LogP contribution in [-0.2, 0) is 21.9 Å². The number of hydrogen-bond donors (Lipinski definition) is 1. The highest BCUT2D eigenvalue weighted by Gasteiger charge is 2.28. The standard InChI is InChI=1S/C24H31ClN2O2S/c1-5-22(24(29)26-17(2)3)27(14-20-8-6-7-18(4)13-20)23(28)16-30-15-19-9-11-21(25)12-10-19/h6-13,17,22H,5,14-16H2,1-4H3,(H,26,29)/t22-/m0/s1. The number of carbonyl (C=O) groups is 2. The van der Waals surface area contributed by atoms with E-state index in [1.165, 1.54) is 0 Å². The molecule has 0 heterocycles. The van der Waals surface area contributed by atoms with Gasteiger partial charge in [0.15, 0.2) is 0 Å². The highest BCUT2D eigenvalue weighted by atomic mass is 35.5. The fourth-order valence-corrected chi connectivity index (χ4v) is 4.22. The summed E-state index contributed by atoms with van der Waals surface area (Å²) >= 11 is 7.49. The van der Waals surface area contributed by atoms with E-state index in [0.29, 0.717) is 23.7 Å². The molecule has 0 aromatic heterocycles. The molecule has 2 rings (SSSR count). The molecule has 0 saturated carbocycles. The summed E-state index contributed by atoms with van der Waals surface area (Å²) in [6.07, 6.45) is 0.567. The third-order valence-corrected chi connectivity index (χ3v) is 5.90. The molecule has 6 heteroatoms. The first-order valence-electron chi connectivity index (χ1n) is 10.3.